The molecule has 0 aliphatic carbocycles. The molecule has 9 nitrogen and oxygen atoms in total. The summed E-state index contributed by atoms with van der Waals surface area (Å²) in [5.41, 5.74) is 1.07. The smallest absolute Gasteiger partial charge is 0.257 e. The molecule has 1 N–H and O–H groups in total. The van der Waals surface area contributed by atoms with Crippen molar-refractivity contribution < 1.29 is 33.0 Å². The van der Waals surface area contributed by atoms with Gasteiger partial charge in [-0.05, 0) is 55.3 Å². The molecule has 10 heteroatoms. The van der Waals surface area contributed by atoms with Crippen molar-refractivity contribution >= 4 is 23.4 Å². The molecule has 2 fully saturated rings. The minimum atomic E-state index is -0.427. The van der Waals surface area contributed by atoms with Gasteiger partial charge >= 0.3 is 0 Å². The van der Waals surface area contributed by atoms with Crippen molar-refractivity contribution in [2.24, 2.45) is 0 Å². The molecule has 2 saturated heterocycles. The van der Waals surface area contributed by atoms with Gasteiger partial charge < -0.3 is 29.3 Å². The number of hydrogen-bond acceptors (Lipinski definition) is 6. The van der Waals surface area contributed by atoms with Gasteiger partial charge in [0.1, 0.15) is 24.3 Å². The fraction of sp³-hybridized carbons (Fsp3) is 0.444. The molecule has 3 atom stereocenters. The molecule has 0 spiro atoms. The van der Waals surface area contributed by atoms with Gasteiger partial charge in [0, 0.05) is 31.4 Å². The molecule has 0 aromatic heterocycles. The minimum Gasteiger partial charge on any atom is -0.490 e. The number of hydrogen-bond donors (Lipinski definition) is 1. The lowest BCUT2D eigenvalue weighted by atomic mass is 9.94. The molecule has 0 bridgehead atoms. The third kappa shape index (κ3) is 5.60. The predicted octanol–water partition coefficient (Wildman–Crippen LogP) is 2.71. The Morgan fingerprint density at radius 1 is 1.08 bits per heavy atom. The van der Waals surface area contributed by atoms with Crippen molar-refractivity contribution in [1.82, 2.24) is 9.80 Å². The fourth-order valence-electron chi connectivity index (χ4n) is 5.05. The van der Waals surface area contributed by atoms with E-state index in [1.807, 2.05) is 4.90 Å². The number of benzene rings is 2. The Balaban J connectivity index is 1.26. The van der Waals surface area contributed by atoms with Gasteiger partial charge in [-0.1, -0.05) is 0 Å². The van der Waals surface area contributed by atoms with Crippen LogP contribution in [0.3, 0.4) is 0 Å². The second-order valence-electron chi connectivity index (χ2n) is 9.54. The van der Waals surface area contributed by atoms with Crippen molar-refractivity contribution in [3.8, 4) is 5.75 Å². The van der Waals surface area contributed by atoms with Gasteiger partial charge in [-0.2, -0.15) is 0 Å². The lowest BCUT2D eigenvalue weighted by Crippen LogP contribution is -2.54. The average Bonchev–Trinajstić information content (AvgIpc) is 2.92. The summed E-state index contributed by atoms with van der Waals surface area (Å²) in [6.07, 6.45) is 1.06. The molecule has 5 rings (SSSR count). The topological polar surface area (TPSA) is 97.4 Å². The Morgan fingerprint density at radius 2 is 1.84 bits per heavy atom. The maximum absolute atomic E-state index is 13.4. The summed E-state index contributed by atoms with van der Waals surface area (Å²) in [6.45, 7) is 2.54. The van der Waals surface area contributed by atoms with Crippen LogP contribution in [-0.2, 0) is 14.3 Å². The standard InChI is InChI=1S/C27H30FN3O6/c1-30-22-8-7-20(15-25(32)31-10-12-35-13-11-31)37-24(22)16-36-23-9-6-19(14-21(23)27(30)34)29-26(33)17-2-4-18(28)5-3-17/h2-6,9,14,20,22,24H,7-8,10-13,15-16H2,1H3,(H,29,33)/t20-,22-,24-/m1/s1. The summed E-state index contributed by atoms with van der Waals surface area (Å²) in [6, 6.07) is 9.90. The summed E-state index contributed by atoms with van der Waals surface area (Å²) in [7, 11) is 1.74. The van der Waals surface area contributed by atoms with Crippen molar-refractivity contribution in [2.75, 3.05) is 45.3 Å². The summed E-state index contributed by atoms with van der Waals surface area (Å²) in [5.74, 6) is -0.628. The van der Waals surface area contributed by atoms with Gasteiger partial charge in [-0.15, -0.1) is 0 Å². The molecule has 0 unspecified atom stereocenters. The molecular weight excluding hydrogens is 481 g/mol. The number of anilines is 1. The quantitative estimate of drug-likeness (QED) is 0.678. The predicted molar refractivity (Wildman–Crippen MR) is 132 cm³/mol. The number of carbonyl (C=O) groups excluding carboxylic acids is 3. The van der Waals surface area contributed by atoms with Crippen LogP contribution in [0.25, 0.3) is 0 Å². The number of amides is 3. The van der Waals surface area contributed by atoms with Crippen LogP contribution < -0.4 is 10.1 Å². The number of likely N-dealkylation sites (N-methyl/N-ethyl adjacent to an activating group) is 1. The normalized spacial score (nSPS) is 23.7. The first kappa shape index (κ1) is 25.2. The average molecular weight is 512 g/mol. The number of nitrogens with one attached hydrogen (secondary N) is 1. The van der Waals surface area contributed by atoms with Crippen molar-refractivity contribution in [3.05, 3.63) is 59.4 Å². The van der Waals surface area contributed by atoms with Gasteiger partial charge in [0.05, 0.1) is 37.3 Å². The van der Waals surface area contributed by atoms with E-state index in [0.717, 1.165) is 0 Å². The van der Waals surface area contributed by atoms with Crippen molar-refractivity contribution in [2.45, 2.75) is 37.5 Å². The molecule has 0 saturated carbocycles. The summed E-state index contributed by atoms with van der Waals surface area (Å²) in [4.78, 5) is 42.1. The van der Waals surface area contributed by atoms with Gasteiger partial charge in [0.25, 0.3) is 11.8 Å². The van der Waals surface area contributed by atoms with Crippen LogP contribution in [0.1, 0.15) is 40.0 Å². The highest BCUT2D eigenvalue weighted by atomic mass is 19.1. The third-order valence-electron chi connectivity index (χ3n) is 7.14. The van der Waals surface area contributed by atoms with Gasteiger partial charge in [-0.3, -0.25) is 14.4 Å². The SMILES string of the molecule is CN1C(=O)c2cc(NC(=O)c3ccc(F)cc3)ccc2OC[C@H]2O[C@@H](CC(=O)N3CCOCC3)CC[C@H]21. The first-order valence-corrected chi connectivity index (χ1v) is 12.5. The lowest BCUT2D eigenvalue weighted by molar-refractivity contribution is -0.146. The van der Waals surface area contributed by atoms with Gasteiger partial charge in [0.2, 0.25) is 5.91 Å². The number of nitrogens with zero attached hydrogens (tertiary/aromatic N) is 2. The van der Waals surface area contributed by atoms with Crippen LogP contribution in [0.5, 0.6) is 5.75 Å². The van der Waals surface area contributed by atoms with Crippen LogP contribution >= 0.6 is 0 Å². The Morgan fingerprint density at radius 3 is 2.59 bits per heavy atom. The van der Waals surface area contributed by atoms with E-state index in [9.17, 15) is 18.8 Å². The molecule has 3 aliphatic heterocycles. The maximum atomic E-state index is 13.4. The second kappa shape index (κ2) is 10.9. The molecular formula is C27H30FN3O6. The van der Waals surface area contributed by atoms with E-state index in [0.29, 0.717) is 68.1 Å². The first-order chi connectivity index (χ1) is 17.9. The van der Waals surface area contributed by atoms with E-state index in [4.69, 9.17) is 14.2 Å². The van der Waals surface area contributed by atoms with E-state index in [2.05, 4.69) is 5.32 Å². The largest absolute Gasteiger partial charge is 0.490 e. The van der Waals surface area contributed by atoms with E-state index in [-0.39, 0.29) is 36.7 Å². The van der Waals surface area contributed by atoms with Crippen LogP contribution in [0.2, 0.25) is 0 Å². The highest BCUT2D eigenvalue weighted by molar-refractivity contribution is 6.05. The molecule has 3 amide bonds. The molecule has 2 aromatic rings. The Kier molecular flexibility index (Phi) is 7.38. The van der Waals surface area contributed by atoms with E-state index in [1.54, 1.807) is 30.1 Å². The van der Waals surface area contributed by atoms with Crippen molar-refractivity contribution in [3.63, 3.8) is 0 Å². The van der Waals surface area contributed by atoms with E-state index >= 15 is 0 Å². The monoisotopic (exact) mass is 511 g/mol. The summed E-state index contributed by atoms with van der Waals surface area (Å²) >= 11 is 0. The number of carbonyl (C=O) groups is 3. The minimum absolute atomic E-state index is 0.0588. The highest BCUT2D eigenvalue weighted by Crippen LogP contribution is 2.33. The molecule has 3 aliphatic rings. The molecule has 2 aromatic carbocycles. The van der Waals surface area contributed by atoms with E-state index < -0.39 is 11.7 Å². The second-order valence-corrected chi connectivity index (χ2v) is 9.54. The Bertz CT molecular complexity index is 1170. The molecule has 37 heavy (non-hydrogen) atoms. The van der Waals surface area contributed by atoms with Crippen LogP contribution in [0, 0.1) is 5.82 Å². The number of halogens is 1. The van der Waals surface area contributed by atoms with E-state index in [1.165, 1.54) is 24.3 Å². The zero-order valence-electron chi connectivity index (χ0n) is 20.7. The lowest BCUT2D eigenvalue weighted by Gasteiger charge is -2.42. The Labute approximate surface area is 214 Å². The summed E-state index contributed by atoms with van der Waals surface area (Å²) < 4.78 is 30.8. The molecule has 196 valence electrons. The van der Waals surface area contributed by atoms with Crippen LogP contribution in [0.15, 0.2) is 42.5 Å². The summed E-state index contributed by atoms with van der Waals surface area (Å²) in [5, 5.41) is 2.75. The first-order valence-electron chi connectivity index (χ1n) is 12.5. The van der Waals surface area contributed by atoms with Crippen molar-refractivity contribution in [1.29, 1.82) is 0 Å². The fourth-order valence-corrected chi connectivity index (χ4v) is 5.05. The number of ether oxygens (including phenoxy) is 3. The highest BCUT2D eigenvalue weighted by Gasteiger charge is 2.39. The number of rotatable bonds is 4. The Hall–Kier alpha value is -3.50. The zero-order chi connectivity index (χ0) is 25.9. The van der Waals surface area contributed by atoms with Gasteiger partial charge in [-0.25, -0.2) is 4.39 Å². The number of morpholine rings is 1. The van der Waals surface area contributed by atoms with Gasteiger partial charge in [0.15, 0.2) is 0 Å². The maximum Gasteiger partial charge on any atom is 0.257 e. The zero-order valence-corrected chi connectivity index (χ0v) is 20.7. The molecule has 0 radical (unpaired) electrons. The third-order valence-corrected chi connectivity index (χ3v) is 7.14. The molecule has 3 heterocycles. The number of fused-ring (bicyclic) bond motifs is 2. The van der Waals surface area contributed by atoms with Crippen LogP contribution in [0.4, 0.5) is 10.1 Å². The van der Waals surface area contributed by atoms with Crippen LogP contribution in [-0.4, -0.2) is 85.7 Å².